The smallest absolute Gasteiger partial charge is 0.227 e. The van der Waals surface area contributed by atoms with Gasteiger partial charge in [-0.05, 0) is 30.9 Å². The van der Waals surface area contributed by atoms with E-state index in [2.05, 4.69) is 29.6 Å². The zero-order valence-corrected chi connectivity index (χ0v) is 12.1. The first-order chi connectivity index (χ1) is 9.04. The average Bonchev–Trinajstić information content (AvgIpc) is 2.98. The number of amides is 1. The molecule has 1 aromatic rings. The highest BCUT2D eigenvalue weighted by Crippen LogP contribution is 2.34. The molecule has 0 bridgehead atoms. The molecule has 0 aliphatic carbocycles. The van der Waals surface area contributed by atoms with E-state index in [4.69, 9.17) is 0 Å². The molecule has 19 heavy (non-hydrogen) atoms. The lowest BCUT2D eigenvalue weighted by Gasteiger charge is -2.31. The van der Waals surface area contributed by atoms with E-state index in [1.807, 2.05) is 19.4 Å². The highest BCUT2D eigenvalue weighted by atomic mass is 16.2. The first kappa shape index (κ1) is 14.1. The van der Waals surface area contributed by atoms with Gasteiger partial charge in [0.15, 0.2) is 0 Å². The number of hydrogen-bond donors (Lipinski definition) is 2. The van der Waals surface area contributed by atoms with Crippen molar-refractivity contribution in [1.29, 1.82) is 0 Å². The zero-order chi connectivity index (χ0) is 13.9. The third-order valence-corrected chi connectivity index (χ3v) is 4.20. The van der Waals surface area contributed by atoms with Gasteiger partial charge in [0.25, 0.3) is 0 Å². The Bertz CT molecular complexity index is 432. The Labute approximate surface area is 114 Å². The van der Waals surface area contributed by atoms with Crippen LogP contribution in [0.15, 0.2) is 12.4 Å². The van der Waals surface area contributed by atoms with Gasteiger partial charge in [0.1, 0.15) is 0 Å². The normalized spacial score (nSPS) is 22.9. The number of rotatable bonds is 5. The Balaban J connectivity index is 1.86. The van der Waals surface area contributed by atoms with Crippen molar-refractivity contribution in [1.82, 2.24) is 20.4 Å². The van der Waals surface area contributed by atoms with Crippen LogP contribution in [0, 0.1) is 11.3 Å². The van der Waals surface area contributed by atoms with Crippen molar-refractivity contribution in [2.75, 3.05) is 19.6 Å². The Hall–Kier alpha value is -1.36. The van der Waals surface area contributed by atoms with E-state index in [0.29, 0.717) is 12.5 Å². The van der Waals surface area contributed by atoms with Crippen LogP contribution in [0.3, 0.4) is 0 Å². The first-order valence-electron chi connectivity index (χ1n) is 7.01. The first-order valence-corrected chi connectivity index (χ1v) is 7.01. The topological polar surface area (TPSA) is 59.0 Å². The van der Waals surface area contributed by atoms with Gasteiger partial charge in [0.2, 0.25) is 5.91 Å². The monoisotopic (exact) mass is 264 g/mol. The molecule has 0 saturated carbocycles. The number of nitrogens with zero attached hydrogens (tertiary/aromatic N) is 2. The molecule has 1 aromatic heterocycles. The molecule has 0 aromatic carbocycles. The van der Waals surface area contributed by atoms with E-state index in [1.54, 1.807) is 4.68 Å². The summed E-state index contributed by atoms with van der Waals surface area (Å²) in [6.45, 7) is 6.68. The summed E-state index contributed by atoms with van der Waals surface area (Å²) in [6, 6.07) is 0. The summed E-state index contributed by atoms with van der Waals surface area (Å²) < 4.78 is 1.79. The van der Waals surface area contributed by atoms with Crippen molar-refractivity contribution in [3.8, 4) is 0 Å². The molecule has 5 nitrogen and oxygen atoms in total. The van der Waals surface area contributed by atoms with Gasteiger partial charge in [0.05, 0.1) is 11.6 Å². The molecule has 2 N–H and O–H groups in total. The van der Waals surface area contributed by atoms with Crippen molar-refractivity contribution in [2.45, 2.75) is 26.7 Å². The summed E-state index contributed by atoms with van der Waals surface area (Å²) in [7, 11) is 1.90. The van der Waals surface area contributed by atoms with E-state index in [-0.39, 0.29) is 11.3 Å². The minimum absolute atomic E-state index is 0.191. The number of nitrogens with one attached hydrogen (secondary N) is 2. The van der Waals surface area contributed by atoms with Crippen LogP contribution in [-0.2, 0) is 18.3 Å². The molecule has 1 amide bonds. The van der Waals surface area contributed by atoms with E-state index in [1.165, 1.54) is 0 Å². The molecule has 2 heterocycles. The van der Waals surface area contributed by atoms with Crippen LogP contribution in [0.2, 0.25) is 0 Å². The van der Waals surface area contributed by atoms with Gasteiger partial charge in [-0.2, -0.15) is 5.10 Å². The molecule has 1 aliphatic heterocycles. The van der Waals surface area contributed by atoms with Crippen LogP contribution in [-0.4, -0.2) is 35.3 Å². The summed E-state index contributed by atoms with van der Waals surface area (Å²) in [5, 5.41) is 10.5. The van der Waals surface area contributed by atoms with Crippen molar-refractivity contribution in [3.63, 3.8) is 0 Å². The fourth-order valence-electron chi connectivity index (χ4n) is 2.76. The zero-order valence-electron chi connectivity index (χ0n) is 12.1. The standard InChI is InChI=1S/C14H24N4O/c1-11(2)14(5-7-15-10-14)13(19)16-6-4-12-8-17-18(3)9-12/h8-9,11,15H,4-7,10H2,1-3H3,(H,16,19). The molecule has 1 unspecified atom stereocenters. The molecule has 2 rings (SSSR count). The lowest BCUT2D eigenvalue weighted by atomic mass is 9.75. The van der Waals surface area contributed by atoms with Gasteiger partial charge in [-0.15, -0.1) is 0 Å². The maximum atomic E-state index is 12.4. The lowest BCUT2D eigenvalue weighted by Crippen LogP contribution is -2.46. The molecule has 1 saturated heterocycles. The summed E-state index contributed by atoms with van der Waals surface area (Å²) in [6.07, 6.45) is 5.60. The number of aromatic nitrogens is 2. The summed E-state index contributed by atoms with van der Waals surface area (Å²) in [5.41, 5.74) is 0.931. The summed E-state index contributed by atoms with van der Waals surface area (Å²) in [5.74, 6) is 0.553. The van der Waals surface area contributed by atoms with E-state index in [9.17, 15) is 4.79 Å². The van der Waals surface area contributed by atoms with Gasteiger partial charge in [0, 0.05) is 26.3 Å². The van der Waals surface area contributed by atoms with Crippen LogP contribution >= 0.6 is 0 Å². The highest BCUT2D eigenvalue weighted by Gasteiger charge is 2.43. The fraction of sp³-hybridized carbons (Fsp3) is 0.714. The van der Waals surface area contributed by atoms with Crippen LogP contribution in [0.1, 0.15) is 25.8 Å². The second-order valence-corrected chi connectivity index (χ2v) is 5.77. The Morgan fingerprint density at radius 1 is 1.63 bits per heavy atom. The SMILES string of the molecule is CC(C)C1(C(=O)NCCc2cnn(C)c2)CCNC1. The lowest BCUT2D eigenvalue weighted by molar-refractivity contribution is -0.132. The van der Waals surface area contributed by atoms with Gasteiger partial charge in [-0.25, -0.2) is 0 Å². The van der Waals surface area contributed by atoms with Crippen molar-refractivity contribution < 1.29 is 4.79 Å². The van der Waals surface area contributed by atoms with E-state index in [0.717, 1.165) is 31.5 Å². The highest BCUT2D eigenvalue weighted by molar-refractivity contribution is 5.83. The Morgan fingerprint density at radius 2 is 2.42 bits per heavy atom. The van der Waals surface area contributed by atoms with Crippen molar-refractivity contribution in [2.24, 2.45) is 18.4 Å². The summed E-state index contributed by atoms with van der Waals surface area (Å²) in [4.78, 5) is 12.4. The molecule has 0 spiro atoms. The third kappa shape index (κ3) is 2.97. The minimum Gasteiger partial charge on any atom is -0.355 e. The Kier molecular flexibility index (Phi) is 4.24. The van der Waals surface area contributed by atoms with Crippen molar-refractivity contribution >= 4 is 5.91 Å². The number of aryl methyl sites for hydroxylation is 1. The predicted octanol–water partition coefficient (Wildman–Crippen LogP) is 0.714. The Morgan fingerprint density at radius 3 is 2.95 bits per heavy atom. The van der Waals surface area contributed by atoms with Gasteiger partial charge >= 0.3 is 0 Å². The number of carbonyl (C=O) groups excluding carboxylic acids is 1. The van der Waals surface area contributed by atoms with E-state index >= 15 is 0 Å². The van der Waals surface area contributed by atoms with Crippen LogP contribution in [0.5, 0.6) is 0 Å². The van der Waals surface area contributed by atoms with Gasteiger partial charge in [-0.3, -0.25) is 9.48 Å². The largest absolute Gasteiger partial charge is 0.355 e. The maximum Gasteiger partial charge on any atom is 0.227 e. The molecular formula is C14H24N4O. The summed E-state index contributed by atoms with van der Waals surface area (Å²) >= 11 is 0. The molecule has 0 radical (unpaired) electrons. The van der Waals surface area contributed by atoms with Crippen molar-refractivity contribution in [3.05, 3.63) is 18.0 Å². The fourth-order valence-corrected chi connectivity index (χ4v) is 2.76. The van der Waals surface area contributed by atoms with Crippen LogP contribution < -0.4 is 10.6 Å². The molecular weight excluding hydrogens is 240 g/mol. The maximum absolute atomic E-state index is 12.4. The van der Waals surface area contributed by atoms with Gasteiger partial charge in [-0.1, -0.05) is 13.8 Å². The predicted molar refractivity (Wildman–Crippen MR) is 74.7 cm³/mol. The molecule has 1 aliphatic rings. The number of hydrogen-bond acceptors (Lipinski definition) is 3. The third-order valence-electron chi connectivity index (χ3n) is 4.20. The molecule has 106 valence electrons. The molecule has 5 heteroatoms. The van der Waals surface area contributed by atoms with Gasteiger partial charge < -0.3 is 10.6 Å². The van der Waals surface area contributed by atoms with Crippen LogP contribution in [0.25, 0.3) is 0 Å². The quantitative estimate of drug-likeness (QED) is 0.823. The molecule has 1 fully saturated rings. The second-order valence-electron chi connectivity index (χ2n) is 5.77. The second kappa shape index (κ2) is 5.74. The minimum atomic E-state index is -0.227. The van der Waals surface area contributed by atoms with Crippen LogP contribution in [0.4, 0.5) is 0 Å². The van der Waals surface area contributed by atoms with E-state index < -0.39 is 0 Å². The average molecular weight is 264 g/mol. The number of carbonyl (C=O) groups is 1. The molecule has 1 atom stereocenters.